The Morgan fingerprint density at radius 1 is 1.42 bits per heavy atom. The molecule has 0 fully saturated rings. The minimum Gasteiger partial charge on any atom is -0.497 e. The lowest BCUT2D eigenvalue weighted by atomic mass is 9.99. The lowest BCUT2D eigenvalue weighted by Crippen LogP contribution is -2.25. The number of hydrazone groups is 2. The van der Waals surface area contributed by atoms with Crippen molar-refractivity contribution in [3.63, 3.8) is 0 Å². The van der Waals surface area contributed by atoms with Crippen molar-refractivity contribution in [2.24, 2.45) is 16.1 Å². The van der Waals surface area contributed by atoms with Gasteiger partial charge in [-0.3, -0.25) is 9.59 Å². The number of carbonyl (C=O) groups excluding carboxylic acids is 2. The molecule has 8 nitrogen and oxygen atoms in total. The molecule has 8 heteroatoms. The van der Waals surface area contributed by atoms with Crippen LogP contribution in [0.2, 0.25) is 0 Å². The van der Waals surface area contributed by atoms with Crippen LogP contribution in [0.5, 0.6) is 11.5 Å². The van der Waals surface area contributed by atoms with Gasteiger partial charge in [0.05, 0.1) is 26.4 Å². The second kappa shape index (κ2) is 8.09. The quantitative estimate of drug-likeness (QED) is 0.576. The fourth-order valence-corrected chi connectivity index (χ4v) is 2.26. The smallest absolute Gasteiger partial charge is 0.248 e. The Bertz CT molecular complexity index is 685. The highest BCUT2D eigenvalue weighted by molar-refractivity contribution is 6.07. The SMILES string of the molecule is COc1ccc(C=NNC(=O)CC[C@H]2C(=O)NN=C2C)c(OC)c1. The Kier molecular flexibility index (Phi) is 5.89. The molecular formula is C16H20N4O4. The first-order valence-electron chi connectivity index (χ1n) is 7.43. The van der Waals surface area contributed by atoms with Gasteiger partial charge >= 0.3 is 0 Å². The van der Waals surface area contributed by atoms with E-state index in [0.717, 1.165) is 0 Å². The van der Waals surface area contributed by atoms with Crippen LogP contribution in [0.4, 0.5) is 0 Å². The number of amides is 2. The Labute approximate surface area is 139 Å². The van der Waals surface area contributed by atoms with E-state index in [1.54, 1.807) is 39.3 Å². The van der Waals surface area contributed by atoms with Gasteiger partial charge in [0.2, 0.25) is 11.8 Å². The van der Waals surface area contributed by atoms with Crippen LogP contribution in [0.25, 0.3) is 0 Å². The van der Waals surface area contributed by atoms with E-state index < -0.39 is 0 Å². The Hall–Kier alpha value is -2.90. The molecule has 1 aromatic rings. The van der Waals surface area contributed by atoms with Crippen molar-refractivity contribution in [1.82, 2.24) is 10.9 Å². The summed E-state index contributed by atoms with van der Waals surface area (Å²) in [6.07, 6.45) is 2.07. The first-order valence-corrected chi connectivity index (χ1v) is 7.43. The van der Waals surface area contributed by atoms with Crippen LogP contribution >= 0.6 is 0 Å². The lowest BCUT2D eigenvalue weighted by Gasteiger charge is -2.07. The molecule has 0 aromatic heterocycles. The Morgan fingerprint density at radius 2 is 2.21 bits per heavy atom. The summed E-state index contributed by atoms with van der Waals surface area (Å²) in [5.74, 6) is 0.459. The summed E-state index contributed by atoms with van der Waals surface area (Å²) >= 11 is 0. The van der Waals surface area contributed by atoms with Crippen LogP contribution in [-0.2, 0) is 9.59 Å². The second-order valence-electron chi connectivity index (χ2n) is 5.22. The summed E-state index contributed by atoms with van der Waals surface area (Å²) in [6.45, 7) is 1.76. The molecule has 1 aromatic carbocycles. The average molecular weight is 332 g/mol. The summed E-state index contributed by atoms with van der Waals surface area (Å²) < 4.78 is 10.4. The molecule has 1 heterocycles. The van der Waals surface area contributed by atoms with E-state index >= 15 is 0 Å². The van der Waals surface area contributed by atoms with Gasteiger partial charge in [0.1, 0.15) is 11.5 Å². The van der Waals surface area contributed by atoms with Crippen molar-refractivity contribution in [2.75, 3.05) is 14.2 Å². The van der Waals surface area contributed by atoms with Crippen molar-refractivity contribution in [2.45, 2.75) is 19.8 Å². The van der Waals surface area contributed by atoms with Crippen LogP contribution in [0.1, 0.15) is 25.3 Å². The highest BCUT2D eigenvalue weighted by Gasteiger charge is 2.26. The van der Waals surface area contributed by atoms with E-state index in [1.165, 1.54) is 6.21 Å². The first-order chi connectivity index (χ1) is 11.5. The zero-order chi connectivity index (χ0) is 17.5. The Balaban J connectivity index is 1.86. The monoisotopic (exact) mass is 332 g/mol. The highest BCUT2D eigenvalue weighted by Crippen LogP contribution is 2.23. The first kappa shape index (κ1) is 17.5. The maximum Gasteiger partial charge on any atom is 0.248 e. The van der Waals surface area contributed by atoms with Gasteiger partial charge in [-0.05, 0) is 25.5 Å². The van der Waals surface area contributed by atoms with E-state index in [4.69, 9.17) is 9.47 Å². The third-order valence-corrected chi connectivity index (χ3v) is 3.66. The molecule has 1 atom stereocenters. The molecule has 0 bridgehead atoms. The van der Waals surface area contributed by atoms with Crippen molar-refractivity contribution in [3.05, 3.63) is 23.8 Å². The maximum absolute atomic E-state index is 11.8. The van der Waals surface area contributed by atoms with E-state index in [-0.39, 0.29) is 24.2 Å². The van der Waals surface area contributed by atoms with Crippen LogP contribution in [0.3, 0.4) is 0 Å². The molecule has 2 rings (SSSR count). The number of methoxy groups -OCH3 is 2. The van der Waals surface area contributed by atoms with Crippen molar-refractivity contribution in [3.8, 4) is 11.5 Å². The zero-order valence-electron chi connectivity index (χ0n) is 13.8. The summed E-state index contributed by atoms with van der Waals surface area (Å²) in [4.78, 5) is 23.3. The summed E-state index contributed by atoms with van der Waals surface area (Å²) in [6, 6.07) is 5.27. The topological polar surface area (TPSA) is 101 Å². The predicted octanol–water partition coefficient (Wildman–Crippen LogP) is 1.06. The standard InChI is InChI=1S/C16H20N4O4/c1-10-13(16(22)20-18-10)6-7-15(21)19-17-9-11-4-5-12(23-2)8-14(11)24-3/h4-5,8-9,13H,6-7H2,1-3H3,(H,19,21)(H,20,22)/t13-/m1/s1. The van der Waals surface area contributed by atoms with Gasteiger partial charge in [-0.25, -0.2) is 10.9 Å². The molecule has 0 saturated carbocycles. The second-order valence-corrected chi connectivity index (χ2v) is 5.22. The predicted molar refractivity (Wildman–Crippen MR) is 89.3 cm³/mol. The van der Waals surface area contributed by atoms with Gasteiger partial charge in [-0.2, -0.15) is 10.2 Å². The minimum atomic E-state index is -0.346. The number of ether oxygens (including phenoxy) is 2. The molecule has 128 valence electrons. The molecule has 2 amide bonds. The van der Waals surface area contributed by atoms with Crippen molar-refractivity contribution in [1.29, 1.82) is 0 Å². The van der Waals surface area contributed by atoms with Gasteiger partial charge in [0.15, 0.2) is 0 Å². The summed E-state index contributed by atoms with van der Waals surface area (Å²) in [5, 5.41) is 7.76. The molecule has 0 radical (unpaired) electrons. The van der Waals surface area contributed by atoms with Crippen LogP contribution in [-0.4, -0.2) is 38.0 Å². The van der Waals surface area contributed by atoms with E-state index in [9.17, 15) is 9.59 Å². The van der Waals surface area contributed by atoms with Gasteiger partial charge in [-0.15, -0.1) is 0 Å². The molecule has 1 aliphatic heterocycles. The Morgan fingerprint density at radius 3 is 2.83 bits per heavy atom. The molecule has 24 heavy (non-hydrogen) atoms. The van der Waals surface area contributed by atoms with E-state index in [1.807, 2.05) is 0 Å². The molecule has 2 N–H and O–H groups in total. The molecule has 0 unspecified atom stereocenters. The maximum atomic E-state index is 11.8. The van der Waals surface area contributed by atoms with Gasteiger partial charge in [-0.1, -0.05) is 0 Å². The average Bonchev–Trinajstić information content (AvgIpc) is 2.91. The zero-order valence-corrected chi connectivity index (χ0v) is 13.8. The number of benzene rings is 1. The number of rotatable bonds is 7. The number of hydrogen-bond donors (Lipinski definition) is 2. The third kappa shape index (κ3) is 4.31. The number of nitrogens with one attached hydrogen (secondary N) is 2. The normalized spacial score (nSPS) is 16.7. The fourth-order valence-electron chi connectivity index (χ4n) is 2.26. The number of carbonyl (C=O) groups is 2. The molecule has 0 aliphatic carbocycles. The molecule has 0 spiro atoms. The lowest BCUT2D eigenvalue weighted by molar-refractivity contribution is -0.123. The van der Waals surface area contributed by atoms with Gasteiger partial charge in [0, 0.05) is 23.8 Å². The van der Waals surface area contributed by atoms with Crippen LogP contribution < -0.4 is 20.3 Å². The third-order valence-electron chi connectivity index (χ3n) is 3.66. The number of nitrogens with zero attached hydrogens (tertiary/aromatic N) is 2. The highest BCUT2D eigenvalue weighted by atomic mass is 16.5. The van der Waals surface area contributed by atoms with Crippen LogP contribution in [0.15, 0.2) is 28.4 Å². The van der Waals surface area contributed by atoms with E-state index in [2.05, 4.69) is 21.1 Å². The minimum absolute atomic E-state index is 0.174. The van der Waals surface area contributed by atoms with Crippen molar-refractivity contribution < 1.29 is 19.1 Å². The van der Waals surface area contributed by atoms with Crippen molar-refractivity contribution >= 4 is 23.7 Å². The fraction of sp³-hybridized carbons (Fsp3) is 0.375. The summed E-state index contributed by atoms with van der Waals surface area (Å²) in [7, 11) is 3.11. The van der Waals surface area contributed by atoms with Crippen LogP contribution in [0, 0.1) is 5.92 Å². The van der Waals surface area contributed by atoms with Gasteiger partial charge in [0.25, 0.3) is 0 Å². The molecule has 1 aliphatic rings. The largest absolute Gasteiger partial charge is 0.497 e. The summed E-state index contributed by atoms with van der Waals surface area (Å²) in [5.41, 5.74) is 6.23. The van der Waals surface area contributed by atoms with E-state index in [0.29, 0.717) is 29.2 Å². The number of hydrogen-bond acceptors (Lipinski definition) is 6. The van der Waals surface area contributed by atoms with Gasteiger partial charge < -0.3 is 9.47 Å². The molecule has 0 saturated heterocycles. The molecular weight excluding hydrogens is 312 g/mol.